The zero-order valence-corrected chi connectivity index (χ0v) is 16.1. The minimum absolute atomic E-state index is 0.279. The molecule has 2 atom stereocenters. The van der Waals surface area contributed by atoms with Gasteiger partial charge in [-0.25, -0.2) is 0 Å². The van der Waals surface area contributed by atoms with Gasteiger partial charge in [0.25, 0.3) is 0 Å². The van der Waals surface area contributed by atoms with Crippen LogP contribution >= 0.6 is 0 Å². The van der Waals surface area contributed by atoms with E-state index in [9.17, 15) is 4.79 Å². The number of hydrogen-bond acceptors (Lipinski definition) is 3. The molecule has 0 spiro atoms. The van der Waals surface area contributed by atoms with Crippen molar-refractivity contribution in [2.45, 2.75) is 64.6 Å². The van der Waals surface area contributed by atoms with E-state index >= 15 is 0 Å². The van der Waals surface area contributed by atoms with E-state index in [4.69, 9.17) is 0 Å². The number of nitrogens with zero attached hydrogens (tertiary/aromatic N) is 3. The third-order valence-electron chi connectivity index (χ3n) is 5.77. The fraction of sp³-hybridized carbons (Fsp3) is 0.667. The molecule has 3 rings (SSSR count). The van der Waals surface area contributed by atoms with Crippen LogP contribution in [0.5, 0.6) is 0 Å². The van der Waals surface area contributed by atoms with Crippen LogP contribution in [-0.2, 0) is 11.3 Å². The van der Waals surface area contributed by atoms with E-state index in [0.717, 1.165) is 32.5 Å². The minimum atomic E-state index is 0.279. The molecular weight excluding hydrogens is 310 g/mol. The third-order valence-corrected chi connectivity index (χ3v) is 5.77. The molecule has 0 aliphatic carbocycles. The second-order valence-electron chi connectivity index (χ2n) is 7.93. The molecule has 1 amide bonds. The summed E-state index contributed by atoms with van der Waals surface area (Å²) < 4.78 is 0. The van der Waals surface area contributed by atoms with Gasteiger partial charge in [-0.1, -0.05) is 18.2 Å². The molecule has 2 aliphatic rings. The van der Waals surface area contributed by atoms with Gasteiger partial charge in [0, 0.05) is 37.4 Å². The van der Waals surface area contributed by atoms with E-state index in [1.807, 2.05) is 0 Å². The number of piperidine rings is 1. The highest BCUT2D eigenvalue weighted by molar-refractivity contribution is 5.79. The summed E-state index contributed by atoms with van der Waals surface area (Å²) in [7, 11) is 2.07. The summed E-state index contributed by atoms with van der Waals surface area (Å²) in [6.45, 7) is 8.02. The molecule has 2 unspecified atom stereocenters. The molecule has 0 radical (unpaired) electrons. The fourth-order valence-electron chi connectivity index (χ4n) is 4.48. The lowest BCUT2D eigenvalue weighted by molar-refractivity contribution is -0.138. The maximum Gasteiger partial charge on any atom is 0.237 e. The molecule has 4 heteroatoms. The number of amides is 1. The Bertz CT molecular complexity index is 572. The van der Waals surface area contributed by atoms with Gasteiger partial charge in [-0.3, -0.25) is 9.69 Å². The molecule has 2 saturated heterocycles. The molecular formula is C21H33N3O. The van der Waals surface area contributed by atoms with Gasteiger partial charge in [0.05, 0.1) is 6.54 Å². The standard InChI is InChI=1S/C21H33N3O/c1-17-9-8-10-18(2)24(17)21(25)16-22(3)15-19-11-4-5-12-20(19)23-13-6-7-14-23/h4-5,11-12,17-18H,6-10,13-16H2,1-3H3. The number of hydrogen-bond donors (Lipinski definition) is 0. The van der Waals surface area contributed by atoms with Crippen molar-refractivity contribution in [1.82, 2.24) is 9.80 Å². The first-order valence-corrected chi connectivity index (χ1v) is 9.89. The Labute approximate surface area is 152 Å². The van der Waals surface area contributed by atoms with Gasteiger partial charge in [0.1, 0.15) is 0 Å². The van der Waals surface area contributed by atoms with Crippen LogP contribution in [0.15, 0.2) is 24.3 Å². The van der Waals surface area contributed by atoms with Gasteiger partial charge in [-0.2, -0.15) is 0 Å². The van der Waals surface area contributed by atoms with Crippen molar-refractivity contribution in [1.29, 1.82) is 0 Å². The van der Waals surface area contributed by atoms with Gasteiger partial charge in [-0.15, -0.1) is 0 Å². The second-order valence-corrected chi connectivity index (χ2v) is 7.93. The summed E-state index contributed by atoms with van der Waals surface area (Å²) in [6.07, 6.45) is 6.08. The van der Waals surface area contributed by atoms with Crippen LogP contribution in [0.2, 0.25) is 0 Å². The van der Waals surface area contributed by atoms with Crippen LogP contribution in [0.4, 0.5) is 5.69 Å². The number of likely N-dealkylation sites (N-methyl/N-ethyl adjacent to an activating group) is 1. The first-order valence-electron chi connectivity index (χ1n) is 9.89. The van der Waals surface area contributed by atoms with Gasteiger partial charge < -0.3 is 9.80 Å². The van der Waals surface area contributed by atoms with Crippen molar-refractivity contribution < 1.29 is 4.79 Å². The van der Waals surface area contributed by atoms with Gasteiger partial charge in [0.2, 0.25) is 5.91 Å². The van der Waals surface area contributed by atoms with Crippen LogP contribution < -0.4 is 4.90 Å². The normalized spacial score (nSPS) is 24.2. The van der Waals surface area contributed by atoms with E-state index in [1.165, 1.54) is 30.5 Å². The summed E-state index contributed by atoms with van der Waals surface area (Å²) in [5.74, 6) is 0.279. The maximum atomic E-state index is 12.8. The number of rotatable bonds is 5. The predicted octanol–water partition coefficient (Wildman–Crippen LogP) is 3.51. The van der Waals surface area contributed by atoms with Crippen molar-refractivity contribution in [2.24, 2.45) is 0 Å². The molecule has 138 valence electrons. The summed E-state index contributed by atoms with van der Waals surface area (Å²) in [6, 6.07) is 9.42. The lowest BCUT2D eigenvalue weighted by Gasteiger charge is -2.40. The van der Waals surface area contributed by atoms with Crippen LogP contribution in [0.3, 0.4) is 0 Å². The third kappa shape index (κ3) is 4.35. The van der Waals surface area contributed by atoms with Gasteiger partial charge in [0.15, 0.2) is 0 Å². The van der Waals surface area contributed by atoms with E-state index in [0.29, 0.717) is 18.6 Å². The predicted molar refractivity (Wildman–Crippen MR) is 104 cm³/mol. The van der Waals surface area contributed by atoms with E-state index in [2.05, 4.69) is 59.9 Å². The van der Waals surface area contributed by atoms with Crippen molar-refractivity contribution >= 4 is 11.6 Å². The lowest BCUT2D eigenvalue weighted by Crippen LogP contribution is -2.50. The number of para-hydroxylation sites is 1. The quantitative estimate of drug-likeness (QED) is 0.818. The van der Waals surface area contributed by atoms with Crippen molar-refractivity contribution in [3.8, 4) is 0 Å². The number of carbonyl (C=O) groups excluding carboxylic acids is 1. The minimum Gasteiger partial charge on any atom is -0.371 e. The topological polar surface area (TPSA) is 26.8 Å². The summed E-state index contributed by atoms with van der Waals surface area (Å²) in [4.78, 5) is 19.6. The van der Waals surface area contributed by atoms with E-state index < -0.39 is 0 Å². The smallest absolute Gasteiger partial charge is 0.237 e. The van der Waals surface area contributed by atoms with Gasteiger partial charge >= 0.3 is 0 Å². The van der Waals surface area contributed by atoms with Crippen LogP contribution in [0, 0.1) is 0 Å². The average molecular weight is 344 g/mol. The Morgan fingerprint density at radius 2 is 1.72 bits per heavy atom. The Balaban J connectivity index is 1.62. The highest BCUT2D eigenvalue weighted by atomic mass is 16.2. The summed E-state index contributed by atoms with van der Waals surface area (Å²) in [5.41, 5.74) is 2.68. The first kappa shape index (κ1) is 18.2. The molecule has 0 N–H and O–H groups in total. The molecule has 0 bridgehead atoms. The number of carbonyl (C=O) groups is 1. The fourth-order valence-corrected chi connectivity index (χ4v) is 4.48. The summed E-state index contributed by atoms with van der Waals surface area (Å²) >= 11 is 0. The molecule has 1 aromatic rings. The lowest BCUT2D eigenvalue weighted by atomic mass is 9.97. The van der Waals surface area contributed by atoms with Crippen LogP contribution in [0.1, 0.15) is 51.5 Å². The first-order chi connectivity index (χ1) is 12.1. The zero-order chi connectivity index (χ0) is 17.8. The van der Waals surface area contributed by atoms with Crippen LogP contribution in [-0.4, -0.2) is 54.5 Å². The molecule has 2 fully saturated rings. The van der Waals surface area contributed by atoms with Crippen LogP contribution in [0.25, 0.3) is 0 Å². The monoisotopic (exact) mass is 343 g/mol. The van der Waals surface area contributed by atoms with E-state index in [1.54, 1.807) is 0 Å². The molecule has 25 heavy (non-hydrogen) atoms. The molecule has 2 heterocycles. The Morgan fingerprint density at radius 3 is 2.40 bits per heavy atom. The zero-order valence-electron chi connectivity index (χ0n) is 16.1. The largest absolute Gasteiger partial charge is 0.371 e. The van der Waals surface area contributed by atoms with Crippen molar-refractivity contribution in [3.05, 3.63) is 29.8 Å². The average Bonchev–Trinajstić information content (AvgIpc) is 3.09. The Hall–Kier alpha value is -1.55. The van der Waals surface area contributed by atoms with Crippen molar-refractivity contribution in [3.63, 3.8) is 0 Å². The van der Waals surface area contributed by atoms with Crippen molar-refractivity contribution in [2.75, 3.05) is 31.6 Å². The van der Waals surface area contributed by atoms with E-state index in [-0.39, 0.29) is 5.91 Å². The summed E-state index contributed by atoms with van der Waals surface area (Å²) in [5, 5.41) is 0. The highest BCUT2D eigenvalue weighted by Gasteiger charge is 2.29. The number of benzene rings is 1. The highest BCUT2D eigenvalue weighted by Crippen LogP contribution is 2.26. The maximum absolute atomic E-state index is 12.8. The Morgan fingerprint density at radius 1 is 1.08 bits per heavy atom. The molecule has 0 saturated carbocycles. The molecule has 1 aromatic carbocycles. The number of anilines is 1. The second kappa shape index (κ2) is 8.22. The SMILES string of the molecule is CC1CCCC(C)N1C(=O)CN(C)Cc1ccccc1N1CCCC1. The Kier molecular flexibility index (Phi) is 6.00. The molecule has 2 aliphatic heterocycles. The number of likely N-dealkylation sites (tertiary alicyclic amines) is 1. The molecule has 4 nitrogen and oxygen atoms in total. The molecule has 0 aromatic heterocycles. The van der Waals surface area contributed by atoms with Gasteiger partial charge in [-0.05, 0) is 64.6 Å².